The van der Waals surface area contributed by atoms with Crippen LogP contribution in [0.4, 0.5) is 27.6 Å². The number of amides is 1. The van der Waals surface area contributed by atoms with E-state index in [1.165, 1.54) is 0 Å². The van der Waals surface area contributed by atoms with E-state index in [4.69, 9.17) is 5.11 Å². The van der Waals surface area contributed by atoms with Crippen molar-refractivity contribution in [3.05, 3.63) is 27.7 Å². The SMILES string of the molecule is O=C(O)c1c(NC(=O)C(F)(F)F)cc(F)c(Br)c1F. The van der Waals surface area contributed by atoms with E-state index in [1.807, 2.05) is 0 Å². The molecule has 10 heteroatoms. The highest BCUT2D eigenvalue weighted by atomic mass is 79.9. The fraction of sp³-hybridized carbons (Fsp3) is 0.111. The largest absolute Gasteiger partial charge is 0.478 e. The van der Waals surface area contributed by atoms with Crippen LogP contribution in [0.5, 0.6) is 0 Å². The van der Waals surface area contributed by atoms with E-state index in [1.54, 1.807) is 0 Å². The summed E-state index contributed by atoms with van der Waals surface area (Å²) in [4.78, 5) is 21.4. The second kappa shape index (κ2) is 5.11. The monoisotopic (exact) mass is 347 g/mol. The Bertz CT molecular complexity index is 558. The standard InChI is InChI=1S/C9H3BrF5NO3/c10-5-2(11)1-3(4(6(5)12)7(17)18)16-8(19)9(13,14)15/h1H,(H,16,19)(H,17,18). The third kappa shape index (κ3) is 3.19. The Morgan fingerprint density at radius 1 is 1.26 bits per heavy atom. The van der Waals surface area contributed by atoms with E-state index < -0.39 is 45.4 Å². The van der Waals surface area contributed by atoms with Crippen LogP contribution in [0.15, 0.2) is 10.5 Å². The van der Waals surface area contributed by atoms with Crippen LogP contribution in [-0.4, -0.2) is 23.2 Å². The molecule has 0 bridgehead atoms. The van der Waals surface area contributed by atoms with Crippen LogP contribution in [0.25, 0.3) is 0 Å². The second-order valence-electron chi connectivity index (χ2n) is 3.17. The second-order valence-corrected chi connectivity index (χ2v) is 3.96. The Balaban J connectivity index is 3.36. The van der Waals surface area contributed by atoms with E-state index in [2.05, 4.69) is 15.9 Å². The zero-order chi connectivity index (χ0) is 15.0. The average Bonchev–Trinajstić information content (AvgIpc) is 2.24. The number of aromatic carboxylic acids is 1. The predicted molar refractivity (Wildman–Crippen MR) is 55.7 cm³/mol. The third-order valence-corrected chi connectivity index (χ3v) is 2.61. The van der Waals surface area contributed by atoms with Gasteiger partial charge < -0.3 is 10.4 Å². The number of carboxylic acids is 1. The summed E-state index contributed by atoms with van der Waals surface area (Å²) in [6, 6.07) is 0.264. The number of alkyl halides is 3. The summed E-state index contributed by atoms with van der Waals surface area (Å²) in [6.45, 7) is 0. The fourth-order valence-electron chi connectivity index (χ4n) is 1.10. The maximum Gasteiger partial charge on any atom is 0.471 e. The van der Waals surface area contributed by atoms with E-state index in [-0.39, 0.29) is 6.07 Å². The van der Waals surface area contributed by atoms with Crippen LogP contribution in [0.3, 0.4) is 0 Å². The van der Waals surface area contributed by atoms with Crippen LogP contribution in [0, 0.1) is 11.6 Å². The molecule has 0 aliphatic carbocycles. The number of nitrogens with one attached hydrogen (secondary N) is 1. The molecule has 4 nitrogen and oxygen atoms in total. The van der Waals surface area contributed by atoms with E-state index in [0.717, 1.165) is 5.32 Å². The van der Waals surface area contributed by atoms with Crippen LogP contribution in [0.1, 0.15) is 10.4 Å². The molecule has 0 fully saturated rings. The van der Waals surface area contributed by atoms with Gasteiger partial charge in [-0.05, 0) is 22.0 Å². The number of carbonyl (C=O) groups is 2. The van der Waals surface area contributed by atoms with Crippen LogP contribution >= 0.6 is 15.9 Å². The Morgan fingerprint density at radius 2 is 1.79 bits per heavy atom. The van der Waals surface area contributed by atoms with Gasteiger partial charge in [0.2, 0.25) is 0 Å². The lowest BCUT2D eigenvalue weighted by molar-refractivity contribution is -0.167. The maximum absolute atomic E-state index is 13.4. The first kappa shape index (κ1) is 15.3. The highest BCUT2D eigenvalue weighted by molar-refractivity contribution is 9.10. The minimum atomic E-state index is -5.32. The van der Waals surface area contributed by atoms with E-state index in [9.17, 15) is 31.5 Å². The van der Waals surface area contributed by atoms with E-state index in [0.29, 0.717) is 0 Å². The molecule has 0 unspecified atom stereocenters. The molecule has 0 heterocycles. The molecule has 19 heavy (non-hydrogen) atoms. The molecule has 0 aliphatic rings. The molecule has 2 N–H and O–H groups in total. The maximum atomic E-state index is 13.4. The lowest BCUT2D eigenvalue weighted by Crippen LogP contribution is -2.31. The van der Waals surface area contributed by atoms with Crippen LogP contribution in [0.2, 0.25) is 0 Å². The van der Waals surface area contributed by atoms with Gasteiger partial charge in [0, 0.05) is 0 Å². The van der Waals surface area contributed by atoms with Gasteiger partial charge in [0.25, 0.3) is 0 Å². The van der Waals surface area contributed by atoms with Crippen molar-refractivity contribution in [2.24, 2.45) is 0 Å². The van der Waals surface area contributed by atoms with Gasteiger partial charge in [0.15, 0.2) is 5.82 Å². The summed E-state index contributed by atoms with van der Waals surface area (Å²) >= 11 is 2.39. The van der Waals surface area contributed by atoms with Gasteiger partial charge in [0.1, 0.15) is 11.4 Å². The number of benzene rings is 1. The molecular weight excluding hydrogens is 345 g/mol. The molecule has 1 aromatic carbocycles. The Labute approximate surface area is 110 Å². The topological polar surface area (TPSA) is 66.4 Å². The highest BCUT2D eigenvalue weighted by Gasteiger charge is 2.39. The molecule has 0 aromatic heterocycles. The number of rotatable bonds is 2. The van der Waals surface area contributed by atoms with Crippen molar-refractivity contribution in [3.8, 4) is 0 Å². The van der Waals surface area contributed by atoms with Crippen LogP contribution in [-0.2, 0) is 4.79 Å². The summed E-state index contributed by atoms with van der Waals surface area (Å²) in [5.74, 6) is -7.50. The number of carbonyl (C=O) groups excluding carboxylic acids is 1. The van der Waals surface area contributed by atoms with Crippen molar-refractivity contribution in [1.82, 2.24) is 0 Å². The molecule has 0 atom stereocenters. The first-order valence-corrected chi connectivity index (χ1v) is 5.14. The minimum absolute atomic E-state index is 0.264. The number of anilines is 1. The van der Waals surface area contributed by atoms with Gasteiger partial charge in [-0.25, -0.2) is 13.6 Å². The highest BCUT2D eigenvalue weighted by Crippen LogP contribution is 2.30. The lowest BCUT2D eigenvalue weighted by atomic mass is 10.1. The van der Waals surface area contributed by atoms with Crippen molar-refractivity contribution in [3.63, 3.8) is 0 Å². The first-order valence-electron chi connectivity index (χ1n) is 4.34. The van der Waals surface area contributed by atoms with Gasteiger partial charge in [0.05, 0.1) is 10.2 Å². The quantitative estimate of drug-likeness (QED) is 0.638. The normalized spacial score (nSPS) is 11.3. The van der Waals surface area contributed by atoms with E-state index >= 15 is 0 Å². The smallest absolute Gasteiger partial charge is 0.471 e. The number of halogens is 6. The van der Waals surface area contributed by atoms with Gasteiger partial charge in [-0.2, -0.15) is 13.2 Å². The molecule has 0 saturated carbocycles. The zero-order valence-electron chi connectivity index (χ0n) is 8.61. The summed E-state index contributed by atoms with van der Waals surface area (Å²) in [7, 11) is 0. The van der Waals surface area contributed by atoms with Crippen molar-refractivity contribution in [2.45, 2.75) is 6.18 Å². The molecule has 0 spiro atoms. The molecule has 1 aromatic rings. The molecular formula is C9H3BrF5NO3. The average molecular weight is 348 g/mol. The number of hydrogen-bond acceptors (Lipinski definition) is 2. The molecule has 1 rings (SSSR count). The summed E-state index contributed by atoms with van der Waals surface area (Å²) < 4.78 is 61.6. The predicted octanol–water partition coefficient (Wildman–Crippen LogP) is 2.93. The Hall–Kier alpha value is -1.71. The van der Waals surface area contributed by atoms with Crippen molar-refractivity contribution in [2.75, 3.05) is 5.32 Å². The van der Waals surface area contributed by atoms with Crippen molar-refractivity contribution >= 4 is 33.5 Å². The third-order valence-electron chi connectivity index (χ3n) is 1.88. The van der Waals surface area contributed by atoms with Crippen molar-refractivity contribution < 1.29 is 36.6 Å². The first-order chi connectivity index (χ1) is 8.55. The Morgan fingerprint density at radius 3 is 2.21 bits per heavy atom. The van der Waals surface area contributed by atoms with Crippen molar-refractivity contribution in [1.29, 1.82) is 0 Å². The van der Waals surface area contributed by atoms with Gasteiger partial charge in [-0.1, -0.05) is 0 Å². The summed E-state index contributed by atoms with van der Waals surface area (Å²) in [6.07, 6.45) is -5.32. The summed E-state index contributed by atoms with van der Waals surface area (Å²) in [5, 5.41) is 9.76. The molecule has 0 saturated heterocycles. The van der Waals surface area contributed by atoms with Gasteiger partial charge in [-0.3, -0.25) is 4.79 Å². The lowest BCUT2D eigenvalue weighted by Gasteiger charge is -2.12. The fourth-order valence-corrected chi connectivity index (χ4v) is 1.41. The van der Waals surface area contributed by atoms with Gasteiger partial charge >= 0.3 is 18.1 Å². The number of hydrogen-bond donors (Lipinski definition) is 2. The molecule has 0 aliphatic heterocycles. The summed E-state index contributed by atoms with van der Waals surface area (Å²) in [5.41, 5.74) is -2.42. The Kier molecular flexibility index (Phi) is 4.13. The van der Waals surface area contributed by atoms with Crippen LogP contribution < -0.4 is 5.32 Å². The minimum Gasteiger partial charge on any atom is -0.478 e. The zero-order valence-corrected chi connectivity index (χ0v) is 10.2. The number of carboxylic acid groups (broad SMARTS) is 1. The molecule has 104 valence electrons. The molecule has 0 radical (unpaired) electrons. The van der Waals surface area contributed by atoms with Gasteiger partial charge in [-0.15, -0.1) is 0 Å². The molecule has 1 amide bonds.